The summed E-state index contributed by atoms with van der Waals surface area (Å²) in [7, 11) is 0. The van der Waals surface area contributed by atoms with Gasteiger partial charge in [0, 0.05) is 24.9 Å². The van der Waals surface area contributed by atoms with E-state index in [9.17, 15) is 15.5 Å². The zero-order chi connectivity index (χ0) is 12.4. The topological polar surface area (TPSA) is 125 Å². The SMILES string of the molecule is CC1=[N+]([O-])C2(N)CCc3c(no[n+]3[O-])C2(O)C1. The van der Waals surface area contributed by atoms with Crippen LogP contribution >= 0.6 is 0 Å². The Morgan fingerprint density at radius 1 is 1.53 bits per heavy atom. The van der Waals surface area contributed by atoms with E-state index >= 15 is 0 Å². The van der Waals surface area contributed by atoms with Gasteiger partial charge < -0.3 is 15.5 Å². The molecule has 0 fully saturated rings. The summed E-state index contributed by atoms with van der Waals surface area (Å²) in [5, 5.41) is 37.4. The van der Waals surface area contributed by atoms with Gasteiger partial charge in [-0.05, 0) is 4.90 Å². The van der Waals surface area contributed by atoms with Crippen molar-refractivity contribution >= 4 is 5.71 Å². The quantitative estimate of drug-likeness (QED) is 0.418. The van der Waals surface area contributed by atoms with Gasteiger partial charge in [0.1, 0.15) is 0 Å². The van der Waals surface area contributed by atoms with Crippen molar-refractivity contribution < 1.29 is 19.4 Å². The average molecular weight is 240 g/mol. The fraction of sp³-hybridized carbons (Fsp3) is 0.667. The first kappa shape index (κ1) is 10.5. The second kappa shape index (κ2) is 2.77. The molecule has 2 aliphatic rings. The van der Waals surface area contributed by atoms with Gasteiger partial charge in [-0.2, -0.15) is 4.74 Å². The minimum absolute atomic E-state index is 0.0620. The number of rotatable bonds is 0. The maximum atomic E-state index is 11.9. The largest absolute Gasteiger partial charge is 0.622 e. The number of hydrogen-bond donors (Lipinski definition) is 2. The van der Waals surface area contributed by atoms with Gasteiger partial charge in [-0.3, -0.25) is 10.4 Å². The molecule has 8 heteroatoms. The molecule has 1 aliphatic carbocycles. The lowest BCUT2D eigenvalue weighted by atomic mass is 9.76. The smallest absolute Gasteiger partial charge is 0.262 e. The van der Waals surface area contributed by atoms with Crippen LogP contribution in [0.3, 0.4) is 0 Å². The normalized spacial score (nSPS) is 35.9. The fourth-order valence-corrected chi connectivity index (χ4v) is 2.80. The summed E-state index contributed by atoms with van der Waals surface area (Å²) in [6.07, 6.45) is 0.500. The summed E-state index contributed by atoms with van der Waals surface area (Å²) in [6.45, 7) is 1.60. The van der Waals surface area contributed by atoms with Crippen molar-refractivity contribution in [1.29, 1.82) is 0 Å². The highest BCUT2D eigenvalue weighted by Gasteiger charge is 2.68. The summed E-state index contributed by atoms with van der Waals surface area (Å²) >= 11 is 0. The lowest BCUT2D eigenvalue weighted by molar-refractivity contribution is -0.808. The molecule has 0 bridgehead atoms. The van der Waals surface area contributed by atoms with Crippen LogP contribution in [-0.2, 0) is 12.0 Å². The molecule has 92 valence electrons. The molecule has 1 aromatic rings. The Labute approximate surface area is 96.1 Å². The molecule has 1 aromatic heterocycles. The summed E-state index contributed by atoms with van der Waals surface area (Å²) in [6, 6.07) is 0. The van der Waals surface area contributed by atoms with Gasteiger partial charge in [0.2, 0.25) is 11.3 Å². The third-order valence-electron chi connectivity index (χ3n) is 3.77. The van der Waals surface area contributed by atoms with Crippen LogP contribution in [0.25, 0.3) is 0 Å². The Hall–Kier alpha value is -1.67. The molecule has 0 radical (unpaired) electrons. The second-order valence-corrected chi connectivity index (χ2v) is 4.72. The molecule has 0 saturated carbocycles. The third kappa shape index (κ3) is 0.973. The Morgan fingerprint density at radius 3 is 2.94 bits per heavy atom. The van der Waals surface area contributed by atoms with E-state index in [1.54, 1.807) is 6.92 Å². The Kier molecular flexibility index (Phi) is 1.71. The van der Waals surface area contributed by atoms with Gasteiger partial charge in [0.25, 0.3) is 11.4 Å². The molecule has 2 unspecified atom stereocenters. The summed E-state index contributed by atoms with van der Waals surface area (Å²) < 4.78 is 5.10. The number of nitrogens with zero attached hydrogens (tertiary/aromatic N) is 3. The molecule has 2 atom stereocenters. The van der Waals surface area contributed by atoms with Crippen LogP contribution in [0, 0.1) is 10.4 Å². The van der Waals surface area contributed by atoms with E-state index < -0.39 is 11.3 Å². The van der Waals surface area contributed by atoms with E-state index in [2.05, 4.69) is 9.79 Å². The Morgan fingerprint density at radius 2 is 2.24 bits per heavy atom. The van der Waals surface area contributed by atoms with Crippen LogP contribution in [-0.4, -0.2) is 26.4 Å². The molecule has 17 heavy (non-hydrogen) atoms. The predicted octanol–water partition coefficient (Wildman–Crippen LogP) is -1.53. The minimum Gasteiger partial charge on any atom is -0.622 e. The first-order valence-corrected chi connectivity index (χ1v) is 5.30. The van der Waals surface area contributed by atoms with Crippen molar-refractivity contribution in [3.8, 4) is 0 Å². The molecule has 0 amide bonds. The van der Waals surface area contributed by atoms with Crippen molar-refractivity contribution in [1.82, 2.24) is 5.16 Å². The predicted molar refractivity (Wildman–Crippen MR) is 53.5 cm³/mol. The van der Waals surface area contributed by atoms with Crippen LogP contribution in [0.4, 0.5) is 0 Å². The van der Waals surface area contributed by atoms with Gasteiger partial charge in [0.15, 0.2) is 5.71 Å². The van der Waals surface area contributed by atoms with Crippen molar-refractivity contribution in [3.63, 3.8) is 0 Å². The van der Waals surface area contributed by atoms with E-state index in [-0.39, 0.29) is 35.6 Å². The number of hydrogen-bond acceptors (Lipinski definition) is 6. The molecule has 3 N–H and O–H groups in total. The molecular weight excluding hydrogens is 228 g/mol. The average Bonchev–Trinajstić information content (AvgIpc) is 2.72. The van der Waals surface area contributed by atoms with Gasteiger partial charge in [-0.1, -0.05) is 0 Å². The van der Waals surface area contributed by atoms with Crippen molar-refractivity contribution in [2.75, 3.05) is 0 Å². The number of hydroxylamine groups is 1. The fourth-order valence-electron chi connectivity index (χ4n) is 2.80. The Balaban J connectivity index is 2.23. The zero-order valence-corrected chi connectivity index (χ0v) is 9.21. The second-order valence-electron chi connectivity index (χ2n) is 4.72. The van der Waals surface area contributed by atoms with E-state index in [4.69, 9.17) is 5.73 Å². The van der Waals surface area contributed by atoms with Gasteiger partial charge in [-0.25, -0.2) is 0 Å². The molecule has 8 nitrogen and oxygen atoms in total. The number of aliphatic hydroxyl groups is 1. The van der Waals surface area contributed by atoms with E-state index in [0.29, 0.717) is 10.5 Å². The lowest BCUT2D eigenvalue weighted by Gasteiger charge is -2.35. The molecule has 3 rings (SSSR count). The van der Waals surface area contributed by atoms with Crippen molar-refractivity contribution in [3.05, 3.63) is 21.8 Å². The van der Waals surface area contributed by atoms with Crippen molar-refractivity contribution in [2.24, 2.45) is 5.73 Å². The van der Waals surface area contributed by atoms with Gasteiger partial charge in [-0.15, -0.1) is 0 Å². The summed E-state index contributed by atoms with van der Waals surface area (Å²) in [5.74, 6) is 0. The van der Waals surface area contributed by atoms with E-state index in [0.717, 1.165) is 0 Å². The molecule has 0 spiro atoms. The molecule has 2 heterocycles. The maximum absolute atomic E-state index is 11.9. The first-order valence-electron chi connectivity index (χ1n) is 5.30. The molecule has 0 saturated heterocycles. The van der Waals surface area contributed by atoms with E-state index in [1.165, 1.54) is 0 Å². The van der Waals surface area contributed by atoms with Crippen LogP contribution in [0.1, 0.15) is 31.2 Å². The van der Waals surface area contributed by atoms with Crippen LogP contribution in [0.5, 0.6) is 0 Å². The number of aromatic nitrogens is 2. The molecular formula is C9H12N4O4. The highest BCUT2D eigenvalue weighted by atomic mass is 16.8. The van der Waals surface area contributed by atoms with Gasteiger partial charge >= 0.3 is 0 Å². The molecule has 0 aromatic carbocycles. The maximum Gasteiger partial charge on any atom is 0.262 e. The number of nitrogens with two attached hydrogens (primary N) is 1. The summed E-state index contributed by atoms with van der Waals surface area (Å²) in [5.41, 5.74) is 3.64. The third-order valence-corrected chi connectivity index (χ3v) is 3.77. The van der Waals surface area contributed by atoms with Gasteiger partial charge in [0.05, 0.1) is 6.42 Å². The monoisotopic (exact) mass is 240 g/mol. The highest BCUT2D eigenvalue weighted by Crippen LogP contribution is 2.45. The minimum atomic E-state index is -1.65. The van der Waals surface area contributed by atoms with Crippen LogP contribution < -0.4 is 10.6 Å². The number of fused-ring (bicyclic) bond motifs is 3. The highest BCUT2D eigenvalue weighted by molar-refractivity contribution is 5.80. The van der Waals surface area contributed by atoms with E-state index in [1.807, 2.05) is 0 Å². The summed E-state index contributed by atoms with van der Waals surface area (Å²) in [4.78, 5) is 0.260. The molecule has 1 aliphatic heterocycles. The van der Waals surface area contributed by atoms with Crippen molar-refractivity contribution in [2.45, 2.75) is 37.5 Å². The van der Waals surface area contributed by atoms with Crippen LogP contribution in [0.15, 0.2) is 4.63 Å². The van der Waals surface area contributed by atoms with Crippen LogP contribution in [0.2, 0.25) is 0 Å². The zero-order valence-electron chi connectivity index (χ0n) is 9.21. The first-order chi connectivity index (χ1) is 7.90. The Bertz CT molecular complexity index is 539. The lowest BCUT2D eigenvalue weighted by Crippen LogP contribution is -2.63. The standard InChI is InChI=1S/C9H12N4O4/c1-5-4-8(14)7-6(13(16)17-11-7)2-3-9(8,10)12(5)15/h14H,2-4,10H2,1H3.